The van der Waals surface area contributed by atoms with Gasteiger partial charge in [0.25, 0.3) is 0 Å². The second-order valence-corrected chi connectivity index (χ2v) is 9.88. The highest BCUT2D eigenvalue weighted by atomic mass is 16.4. The van der Waals surface area contributed by atoms with E-state index in [2.05, 4.69) is 20.9 Å². The number of aromatic amines is 1. The quantitative estimate of drug-likeness (QED) is 0.124. The van der Waals surface area contributed by atoms with Crippen LogP contribution in [-0.4, -0.2) is 75.6 Å². The number of hydrogen-bond donors (Lipinski definition) is 8. The SMILES string of the molecule is CCC(C)C(NC(=O)C(Cc1c[nH]c2ccccc12)NC(=O)C(N)CC(=O)O)C(=O)NC(CCCCN)C(=O)O. The molecular weight excluding hydrogens is 520 g/mol. The normalized spacial score (nSPS) is 14.9. The van der Waals surface area contributed by atoms with Crippen molar-refractivity contribution in [1.82, 2.24) is 20.9 Å². The third-order valence-electron chi connectivity index (χ3n) is 6.82. The molecule has 2 aromatic rings. The van der Waals surface area contributed by atoms with Crippen LogP contribution in [0.5, 0.6) is 0 Å². The van der Waals surface area contributed by atoms with Gasteiger partial charge >= 0.3 is 11.9 Å². The van der Waals surface area contributed by atoms with Crippen LogP contribution in [0.4, 0.5) is 0 Å². The molecule has 1 heterocycles. The third kappa shape index (κ3) is 9.35. The van der Waals surface area contributed by atoms with Crippen LogP contribution in [-0.2, 0) is 30.4 Å². The van der Waals surface area contributed by atoms with Gasteiger partial charge in [-0.15, -0.1) is 0 Å². The summed E-state index contributed by atoms with van der Waals surface area (Å²) < 4.78 is 0. The molecule has 2 rings (SSSR count). The number of nitrogens with one attached hydrogen (secondary N) is 4. The molecule has 0 aliphatic rings. The number of fused-ring (bicyclic) bond motifs is 1. The molecule has 5 atom stereocenters. The molecule has 220 valence electrons. The first-order valence-corrected chi connectivity index (χ1v) is 13.3. The molecule has 1 aromatic carbocycles. The Hall–Kier alpha value is -3.97. The van der Waals surface area contributed by atoms with Gasteiger partial charge in [-0.05, 0) is 43.4 Å². The number of carbonyl (C=O) groups is 5. The van der Waals surface area contributed by atoms with Crippen LogP contribution in [0.15, 0.2) is 30.5 Å². The van der Waals surface area contributed by atoms with Crippen molar-refractivity contribution in [2.75, 3.05) is 6.54 Å². The number of unbranched alkanes of at least 4 members (excludes halogenated alkanes) is 1. The van der Waals surface area contributed by atoms with Crippen LogP contribution >= 0.6 is 0 Å². The fourth-order valence-electron chi connectivity index (χ4n) is 4.26. The van der Waals surface area contributed by atoms with E-state index in [1.165, 1.54) is 0 Å². The van der Waals surface area contributed by atoms with E-state index < -0.39 is 60.2 Å². The maximum atomic E-state index is 13.5. The fourth-order valence-corrected chi connectivity index (χ4v) is 4.26. The van der Waals surface area contributed by atoms with E-state index in [1.54, 1.807) is 13.1 Å². The monoisotopic (exact) mass is 560 g/mol. The molecule has 1 aromatic heterocycles. The van der Waals surface area contributed by atoms with Gasteiger partial charge in [0.05, 0.1) is 12.5 Å². The Kier molecular flexibility index (Phi) is 12.6. The zero-order chi connectivity index (χ0) is 29.8. The lowest BCUT2D eigenvalue weighted by molar-refractivity contribution is -0.143. The number of H-pyrrole nitrogens is 1. The molecule has 10 N–H and O–H groups in total. The maximum absolute atomic E-state index is 13.5. The van der Waals surface area contributed by atoms with Gasteiger partial charge in [-0.25, -0.2) is 4.79 Å². The molecule has 0 saturated carbocycles. The average Bonchev–Trinajstić information content (AvgIpc) is 3.32. The van der Waals surface area contributed by atoms with Crippen molar-refractivity contribution in [3.8, 4) is 0 Å². The Balaban J connectivity index is 2.29. The van der Waals surface area contributed by atoms with Crippen molar-refractivity contribution < 1.29 is 34.2 Å². The summed E-state index contributed by atoms with van der Waals surface area (Å²) in [5.74, 6) is -5.04. The van der Waals surface area contributed by atoms with Crippen LogP contribution in [0.3, 0.4) is 0 Å². The van der Waals surface area contributed by atoms with Gasteiger partial charge in [-0.2, -0.15) is 0 Å². The summed E-state index contributed by atoms with van der Waals surface area (Å²) in [5.41, 5.74) is 12.7. The van der Waals surface area contributed by atoms with E-state index in [0.717, 1.165) is 10.9 Å². The number of rotatable bonds is 17. The molecule has 40 heavy (non-hydrogen) atoms. The van der Waals surface area contributed by atoms with E-state index in [1.807, 2.05) is 31.2 Å². The van der Waals surface area contributed by atoms with Crippen molar-refractivity contribution >= 4 is 40.6 Å². The Morgan fingerprint density at radius 3 is 2.25 bits per heavy atom. The summed E-state index contributed by atoms with van der Waals surface area (Å²) in [6, 6.07) is 2.52. The van der Waals surface area contributed by atoms with Crippen molar-refractivity contribution in [2.45, 2.75) is 76.5 Å². The Labute approximate surface area is 232 Å². The van der Waals surface area contributed by atoms with Crippen molar-refractivity contribution in [2.24, 2.45) is 17.4 Å². The van der Waals surface area contributed by atoms with Gasteiger partial charge < -0.3 is 42.6 Å². The highest BCUT2D eigenvalue weighted by molar-refractivity contribution is 5.95. The lowest BCUT2D eigenvalue weighted by atomic mass is 9.96. The van der Waals surface area contributed by atoms with Crippen LogP contribution in [0, 0.1) is 5.92 Å². The van der Waals surface area contributed by atoms with Crippen LogP contribution in [0.25, 0.3) is 10.9 Å². The summed E-state index contributed by atoms with van der Waals surface area (Å²) in [6.45, 7) is 3.96. The summed E-state index contributed by atoms with van der Waals surface area (Å²) in [7, 11) is 0. The largest absolute Gasteiger partial charge is 0.481 e. The lowest BCUT2D eigenvalue weighted by Crippen LogP contribution is -2.59. The van der Waals surface area contributed by atoms with Crippen LogP contribution in [0.2, 0.25) is 0 Å². The smallest absolute Gasteiger partial charge is 0.326 e. The Bertz CT molecular complexity index is 1180. The number of amides is 3. The topological polar surface area (TPSA) is 230 Å². The van der Waals surface area contributed by atoms with E-state index in [4.69, 9.17) is 16.6 Å². The van der Waals surface area contributed by atoms with Gasteiger partial charge in [0, 0.05) is 23.5 Å². The molecule has 0 aliphatic heterocycles. The summed E-state index contributed by atoms with van der Waals surface area (Å²) in [4.78, 5) is 65.3. The number of para-hydroxylation sites is 1. The molecule has 13 heteroatoms. The molecule has 0 bridgehead atoms. The predicted molar refractivity (Wildman–Crippen MR) is 148 cm³/mol. The minimum atomic E-state index is -1.39. The number of aromatic nitrogens is 1. The Morgan fingerprint density at radius 2 is 1.62 bits per heavy atom. The highest BCUT2D eigenvalue weighted by Crippen LogP contribution is 2.20. The highest BCUT2D eigenvalue weighted by Gasteiger charge is 2.33. The first kappa shape index (κ1) is 32.2. The molecule has 5 unspecified atom stereocenters. The van der Waals surface area contributed by atoms with Crippen molar-refractivity contribution in [3.63, 3.8) is 0 Å². The standard InChI is InChI=1S/C27H40N6O7/c1-3-15(2)23(26(38)31-20(27(39)40)10-6-7-11-28)33-25(37)21(32-24(36)18(29)13-22(34)35)12-16-14-30-19-9-5-4-8-17(16)19/h4-5,8-9,14-15,18,20-21,23,30H,3,6-7,10-13,28-29H2,1-2H3,(H,31,38)(H,32,36)(H,33,37)(H,34,35)(H,39,40). The molecule has 0 fully saturated rings. The van der Waals surface area contributed by atoms with E-state index >= 15 is 0 Å². The minimum Gasteiger partial charge on any atom is -0.481 e. The van der Waals surface area contributed by atoms with Gasteiger partial charge in [-0.3, -0.25) is 19.2 Å². The van der Waals surface area contributed by atoms with Gasteiger partial charge in [0.1, 0.15) is 18.1 Å². The number of carbonyl (C=O) groups excluding carboxylic acids is 3. The number of benzene rings is 1. The van der Waals surface area contributed by atoms with E-state index in [-0.39, 0.29) is 18.8 Å². The van der Waals surface area contributed by atoms with E-state index in [0.29, 0.717) is 31.4 Å². The lowest BCUT2D eigenvalue weighted by Gasteiger charge is -2.28. The zero-order valence-electron chi connectivity index (χ0n) is 22.8. The Morgan fingerprint density at radius 1 is 0.950 bits per heavy atom. The van der Waals surface area contributed by atoms with Gasteiger partial charge in [0.15, 0.2) is 0 Å². The molecule has 0 spiro atoms. The first-order chi connectivity index (χ1) is 19.0. The molecule has 13 nitrogen and oxygen atoms in total. The molecule has 0 saturated heterocycles. The number of carboxylic acid groups (broad SMARTS) is 2. The molecular formula is C27H40N6O7. The van der Waals surface area contributed by atoms with Crippen LogP contribution < -0.4 is 27.4 Å². The molecule has 3 amide bonds. The number of hydrogen-bond acceptors (Lipinski definition) is 7. The van der Waals surface area contributed by atoms with Crippen molar-refractivity contribution in [3.05, 3.63) is 36.0 Å². The number of nitrogens with two attached hydrogens (primary N) is 2. The van der Waals surface area contributed by atoms with Crippen molar-refractivity contribution in [1.29, 1.82) is 0 Å². The predicted octanol–water partition coefficient (Wildman–Crippen LogP) is 0.227. The maximum Gasteiger partial charge on any atom is 0.326 e. The summed E-state index contributed by atoms with van der Waals surface area (Å²) >= 11 is 0. The van der Waals surface area contributed by atoms with Crippen LogP contribution in [0.1, 0.15) is 51.5 Å². The second-order valence-electron chi connectivity index (χ2n) is 9.88. The second kappa shape index (κ2) is 15.6. The zero-order valence-corrected chi connectivity index (χ0v) is 22.8. The van der Waals surface area contributed by atoms with Gasteiger partial charge in [-0.1, -0.05) is 38.5 Å². The summed E-state index contributed by atoms with van der Waals surface area (Å²) in [5, 5.41) is 27.1. The number of aliphatic carboxylic acids is 2. The third-order valence-corrected chi connectivity index (χ3v) is 6.82. The minimum absolute atomic E-state index is 0.0209. The first-order valence-electron chi connectivity index (χ1n) is 13.3. The molecule has 0 aliphatic carbocycles. The van der Waals surface area contributed by atoms with Gasteiger partial charge in [0.2, 0.25) is 17.7 Å². The average molecular weight is 561 g/mol. The number of carboxylic acids is 2. The summed E-state index contributed by atoms with van der Waals surface area (Å²) in [6.07, 6.45) is 2.87. The van der Waals surface area contributed by atoms with E-state index in [9.17, 15) is 29.1 Å². The molecule has 0 radical (unpaired) electrons. The fraction of sp³-hybridized carbons (Fsp3) is 0.519.